The third-order valence-electron chi connectivity index (χ3n) is 14.4. The number of nitrogens with zero attached hydrogens (tertiary/aromatic N) is 2. The third kappa shape index (κ3) is 10.2. The Balaban J connectivity index is 0.949. The van der Waals surface area contributed by atoms with Gasteiger partial charge >= 0.3 is 0 Å². The molecule has 2 nitrogen and oxygen atoms in total. The first kappa shape index (κ1) is 43.6. The van der Waals surface area contributed by atoms with E-state index in [-0.39, 0.29) is 0 Å². The molecule has 2 atom stereocenters. The van der Waals surface area contributed by atoms with Crippen LogP contribution in [0.1, 0.15) is 165 Å². The monoisotopic (exact) mass is 928 g/mol. The Morgan fingerprint density at radius 3 is 1.20 bits per heavy atom. The van der Waals surface area contributed by atoms with Crippen molar-refractivity contribution in [2.24, 2.45) is 11.8 Å². The Labute approximate surface area is 379 Å². The molecule has 2 aliphatic carbocycles. The second-order valence-corrected chi connectivity index (χ2v) is 20.5. The summed E-state index contributed by atoms with van der Waals surface area (Å²) in [5.41, 5.74) is 14.0. The zero-order chi connectivity index (χ0) is 41.3. The van der Waals surface area contributed by atoms with Gasteiger partial charge in [0.1, 0.15) is 0 Å². The number of unbranched alkanes of at least 4 members (excludes halogenated alkanes) is 14. The zero-order valence-electron chi connectivity index (χ0n) is 36.9. The van der Waals surface area contributed by atoms with Gasteiger partial charge in [0.25, 0.3) is 0 Å². The number of fused-ring (bicyclic) bond motifs is 6. The average Bonchev–Trinajstić information content (AvgIpc) is 3.76. The molecular formula is C56H70Br2N2. The first-order valence-corrected chi connectivity index (χ1v) is 26.0. The molecule has 0 N–H and O–H groups in total. The van der Waals surface area contributed by atoms with E-state index in [0.29, 0.717) is 0 Å². The molecule has 0 bridgehead atoms. The van der Waals surface area contributed by atoms with Crippen LogP contribution in [0.2, 0.25) is 0 Å². The van der Waals surface area contributed by atoms with Crippen molar-refractivity contribution in [3.05, 3.63) is 116 Å². The minimum atomic E-state index is 0.805. The summed E-state index contributed by atoms with van der Waals surface area (Å²) in [4.78, 5) is 0. The van der Waals surface area contributed by atoms with Gasteiger partial charge in [-0.1, -0.05) is 186 Å². The van der Waals surface area contributed by atoms with Crippen LogP contribution < -0.4 is 0 Å². The molecule has 0 radical (unpaired) electrons. The van der Waals surface area contributed by atoms with Crippen molar-refractivity contribution in [2.75, 3.05) is 0 Å². The Morgan fingerprint density at radius 1 is 0.450 bits per heavy atom. The lowest BCUT2D eigenvalue weighted by Crippen LogP contribution is -2.16. The molecule has 4 heteroatoms. The van der Waals surface area contributed by atoms with Gasteiger partial charge in [-0.3, -0.25) is 0 Å². The van der Waals surface area contributed by atoms with Gasteiger partial charge in [0.2, 0.25) is 0 Å². The summed E-state index contributed by atoms with van der Waals surface area (Å²) in [5.74, 6) is 1.61. The van der Waals surface area contributed by atoms with Crippen molar-refractivity contribution in [1.82, 2.24) is 9.13 Å². The van der Waals surface area contributed by atoms with E-state index >= 15 is 0 Å². The quantitative estimate of drug-likeness (QED) is 0.0637. The first-order valence-electron chi connectivity index (χ1n) is 24.4. The fraction of sp³-hybridized carbons (Fsp3) is 0.500. The van der Waals surface area contributed by atoms with Crippen molar-refractivity contribution in [3.8, 4) is 22.5 Å². The molecule has 318 valence electrons. The number of halogens is 2. The largest absolute Gasteiger partial charge is 0.313 e. The smallest absolute Gasteiger partial charge is 0.0535 e. The van der Waals surface area contributed by atoms with Crippen molar-refractivity contribution < 1.29 is 0 Å². The first-order chi connectivity index (χ1) is 29.5. The third-order valence-corrected chi connectivity index (χ3v) is 15.4. The van der Waals surface area contributed by atoms with E-state index < -0.39 is 0 Å². The number of aromatic nitrogens is 2. The maximum Gasteiger partial charge on any atom is 0.0535 e. The van der Waals surface area contributed by atoms with Crippen LogP contribution in [0.3, 0.4) is 0 Å². The van der Waals surface area contributed by atoms with Gasteiger partial charge in [0.05, 0.1) is 11.0 Å². The molecule has 2 aromatic heterocycles. The standard InChI is InChI=1S/C56H70Br2N2/c1-3-5-7-9-11-13-15-17-19-41-21-33-53-49(37-41)51-39-45(57)27-35-55(51)59(53)47-29-23-43(24-30-47)44-25-31-48(32-26-44)60-54-34-22-42(20-18-16-14-12-10-8-6-4-2)38-50(54)52-40-46(58)28-36-56(52)60/h23-32,35-36,39-42H,3-22,33-34,37-38H2,1-2H3. The molecule has 0 fully saturated rings. The van der Waals surface area contributed by atoms with Gasteiger partial charge in [0, 0.05) is 42.5 Å². The van der Waals surface area contributed by atoms with Gasteiger partial charge in [-0.15, -0.1) is 0 Å². The highest BCUT2D eigenvalue weighted by atomic mass is 79.9. The molecule has 0 aliphatic heterocycles. The molecule has 0 amide bonds. The summed E-state index contributed by atoms with van der Waals surface area (Å²) in [7, 11) is 0. The van der Waals surface area contributed by atoms with E-state index in [1.54, 1.807) is 11.1 Å². The molecule has 6 aromatic rings. The normalized spacial score (nSPS) is 16.5. The number of benzene rings is 4. The molecule has 0 saturated carbocycles. The van der Waals surface area contributed by atoms with Crippen LogP contribution in [0.5, 0.6) is 0 Å². The molecule has 0 spiro atoms. The van der Waals surface area contributed by atoms with E-state index in [0.717, 1.165) is 11.8 Å². The molecule has 2 aliphatic rings. The predicted molar refractivity (Wildman–Crippen MR) is 266 cm³/mol. The van der Waals surface area contributed by atoms with Crippen LogP contribution in [-0.2, 0) is 25.7 Å². The van der Waals surface area contributed by atoms with Crippen LogP contribution >= 0.6 is 31.9 Å². The average molecular weight is 931 g/mol. The van der Waals surface area contributed by atoms with E-state index in [1.807, 2.05) is 0 Å². The number of hydrogen-bond donors (Lipinski definition) is 0. The molecule has 2 heterocycles. The van der Waals surface area contributed by atoms with Crippen molar-refractivity contribution in [2.45, 2.75) is 168 Å². The van der Waals surface area contributed by atoms with Crippen LogP contribution in [0.4, 0.5) is 0 Å². The minimum absolute atomic E-state index is 0.805. The fourth-order valence-corrected chi connectivity index (χ4v) is 11.8. The summed E-state index contributed by atoms with van der Waals surface area (Å²) < 4.78 is 7.52. The topological polar surface area (TPSA) is 9.86 Å². The van der Waals surface area contributed by atoms with Gasteiger partial charge in [0.15, 0.2) is 0 Å². The maximum atomic E-state index is 3.82. The number of hydrogen-bond acceptors (Lipinski definition) is 0. The lowest BCUT2D eigenvalue weighted by atomic mass is 9.83. The molecule has 60 heavy (non-hydrogen) atoms. The second-order valence-electron chi connectivity index (χ2n) is 18.7. The molecule has 0 saturated heterocycles. The van der Waals surface area contributed by atoms with E-state index in [9.17, 15) is 0 Å². The summed E-state index contributed by atoms with van der Waals surface area (Å²) >= 11 is 7.63. The van der Waals surface area contributed by atoms with Gasteiger partial charge in [-0.25, -0.2) is 0 Å². The fourth-order valence-electron chi connectivity index (χ4n) is 11.0. The van der Waals surface area contributed by atoms with Crippen molar-refractivity contribution >= 4 is 53.7 Å². The van der Waals surface area contributed by atoms with E-state index in [1.165, 1.54) is 219 Å². The molecule has 4 aromatic carbocycles. The van der Waals surface area contributed by atoms with E-state index in [4.69, 9.17) is 0 Å². The highest BCUT2D eigenvalue weighted by molar-refractivity contribution is 9.10. The van der Waals surface area contributed by atoms with Crippen LogP contribution in [0, 0.1) is 11.8 Å². The highest BCUT2D eigenvalue weighted by Gasteiger charge is 2.28. The van der Waals surface area contributed by atoms with Crippen LogP contribution in [0.15, 0.2) is 93.9 Å². The van der Waals surface area contributed by atoms with Crippen LogP contribution in [0.25, 0.3) is 44.3 Å². The minimum Gasteiger partial charge on any atom is -0.313 e. The van der Waals surface area contributed by atoms with Gasteiger partial charge < -0.3 is 9.13 Å². The summed E-state index contributed by atoms with van der Waals surface area (Å²) in [6, 6.07) is 32.6. The second kappa shape index (κ2) is 21.3. The number of rotatable bonds is 21. The predicted octanol–water partition coefficient (Wildman–Crippen LogP) is 18.0. The Morgan fingerprint density at radius 2 is 0.817 bits per heavy atom. The Kier molecular flexibility index (Phi) is 15.5. The summed E-state index contributed by atoms with van der Waals surface area (Å²) in [5, 5.41) is 2.87. The zero-order valence-corrected chi connectivity index (χ0v) is 40.0. The molecule has 2 unspecified atom stereocenters. The Hall–Kier alpha value is -3.08. The SMILES string of the molecule is CCCCCCCCCCC1CCc2c(c3cc(Br)ccc3n2-c2ccc(-c3ccc(-n4c5c(c6cc(Br)ccc64)CC(CCCCCCCCCC)CC5)cc3)cc2)C1. The highest BCUT2D eigenvalue weighted by Crippen LogP contribution is 2.41. The lowest BCUT2D eigenvalue weighted by molar-refractivity contribution is 0.401. The van der Waals surface area contributed by atoms with E-state index in [2.05, 4.69) is 140 Å². The van der Waals surface area contributed by atoms with Gasteiger partial charge in [-0.2, -0.15) is 0 Å². The van der Waals surface area contributed by atoms with Crippen molar-refractivity contribution in [3.63, 3.8) is 0 Å². The summed E-state index contributed by atoms with van der Waals surface area (Å²) in [6.07, 6.45) is 32.6. The molecule has 8 rings (SSSR count). The van der Waals surface area contributed by atoms with Gasteiger partial charge in [-0.05, 0) is 133 Å². The summed E-state index contributed by atoms with van der Waals surface area (Å²) in [6.45, 7) is 4.62. The lowest BCUT2D eigenvalue weighted by Gasteiger charge is -2.24. The molecular weight excluding hydrogens is 860 g/mol. The Bertz CT molecular complexity index is 2130. The maximum absolute atomic E-state index is 3.82. The van der Waals surface area contributed by atoms with Crippen LogP contribution in [-0.4, -0.2) is 9.13 Å². The van der Waals surface area contributed by atoms with Crippen molar-refractivity contribution in [1.29, 1.82) is 0 Å².